The largest absolute Gasteiger partial charge is 0.344 e. The van der Waals surface area contributed by atoms with Gasteiger partial charge in [-0.25, -0.2) is 24.3 Å². The third-order valence-corrected chi connectivity index (χ3v) is 5.90. The van der Waals surface area contributed by atoms with E-state index in [0.717, 1.165) is 13.0 Å². The summed E-state index contributed by atoms with van der Waals surface area (Å²) in [6.45, 7) is 2.03. The molecule has 9 heteroatoms. The summed E-state index contributed by atoms with van der Waals surface area (Å²) < 4.78 is 13.4. The van der Waals surface area contributed by atoms with Gasteiger partial charge in [0.15, 0.2) is 5.82 Å². The van der Waals surface area contributed by atoms with Crippen molar-refractivity contribution < 1.29 is 4.39 Å². The summed E-state index contributed by atoms with van der Waals surface area (Å²) >= 11 is 5.89. The molecule has 30 heavy (non-hydrogen) atoms. The maximum atomic E-state index is 13.4. The molecule has 1 aliphatic heterocycles. The number of benzene rings is 1. The van der Waals surface area contributed by atoms with Crippen LogP contribution >= 0.6 is 11.6 Å². The van der Waals surface area contributed by atoms with E-state index in [4.69, 9.17) is 16.6 Å². The van der Waals surface area contributed by atoms with Crippen LogP contribution in [0.3, 0.4) is 0 Å². The first-order valence-corrected chi connectivity index (χ1v) is 10.5. The fraction of sp³-hybridized carbons (Fsp3) is 0.429. The number of fused-ring (bicyclic) bond motifs is 1. The van der Waals surface area contributed by atoms with Gasteiger partial charge in [0, 0.05) is 25.3 Å². The highest BCUT2D eigenvalue weighted by molar-refractivity contribution is 6.31. The molecule has 0 spiro atoms. The van der Waals surface area contributed by atoms with E-state index in [1.807, 2.05) is 7.05 Å². The second-order valence-electron chi connectivity index (χ2n) is 7.72. The molecule has 1 aromatic carbocycles. The smallest absolute Gasteiger partial charge is 0.225 e. The molecule has 4 rings (SSSR count). The molecule has 1 saturated heterocycles. The third-order valence-electron chi connectivity index (χ3n) is 5.61. The Morgan fingerprint density at radius 1 is 1.27 bits per heavy atom. The summed E-state index contributed by atoms with van der Waals surface area (Å²) in [6, 6.07) is 5.03. The molecule has 1 atom stereocenters. The lowest BCUT2D eigenvalue weighted by Crippen LogP contribution is -2.38. The van der Waals surface area contributed by atoms with Crippen molar-refractivity contribution in [1.82, 2.24) is 24.8 Å². The second-order valence-corrected chi connectivity index (χ2v) is 8.13. The number of aromatic nitrogens is 4. The van der Waals surface area contributed by atoms with E-state index in [1.165, 1.54) is 44.3 Å². The van der Waals surface area contributed by atoms with Crippen LogP contribution in [0.15, 0.2) is 30.7 Å². The van der Waals surface area contributed by atoms with E-state index >= 15 is 0 Å². The van der Waals surface area contributed by atoms with E-state index in [0.29, 0.717) is 34.5 Å². The Kier molecular flexibility index (Phi) is 6.24. The van der Waals surface area contributed by atoms with E-state index in [1.54, 1.807) is 12.3 Å². The Hall–Kier alpha value is -2.58. The molecule has 1 unspecified atom stereocenters. The first-order valence-electron chi connectivity index (χ1n) is 10.1. The number of piperidine rings is 1. The molecule has 3 heterocycles. The van der Waals surface area contributed by atoms with Gasteiger partial charge in [0.1, 0.15) is 23.2 Å². The monoisotopic (exact) mass is 429 g/mol. The number of likely N-dealkylation sites (tertiary alicyclic amines) is 1. The molecule has 2 aromatic heterocycles. The van der Waals surface area contributed by atoms with E-state index in [2.05, 4.69) is 37.1 Å². The molecule has 0 aliphatic carbocycles. The Morgan fingerprint density at radius 3 is 2.93 bits per heavy atom. The molecular formula is C21H25ClFN7. The molecule has 0 bridgehead atoms. The number of halogens is 2. The molecule has 7 nitrogen and oxygen atoms in total. The number of nitrogens with one attached hydrogen (secondary N) is 1. The van der Waals surface area contributed by atoms with Crippen molar-refractivity contribution in [3.63, 3.8) is 0 Å². The number of anilines is 3. The van der Waals surface area contributed by atoms with Crippen LogP contribution in [0.2, 0.25) is 5.02 Å². The van der Waals surface area contributed by atoms with Crippen LogP contribution in [-0.4, -0.2) is 58.1 Å². The minimum atomic E-state index is -0.468. The van der Waals surface area contributed by atoms with Crippen molar-refractivity contribution in [2.45, 2.75) is 31.7 Å². The summed E-state index contributed by atoms with van der Waals surface area (Å²) in [5.74, 6) is 0.673. The van der Waals surface area contributed by atoms with Crippen molar-refractivity contribution in [3.8, 4) is 0 Å². The number of rotatable bonds is 6. The van der Waals surface area contributed by atoms with Gasteiger partial charge < -0.3 is 15.1 Å². The highest BCUT2D eigenvalue weighted by atomic mass is 35.5. The van der Waals surface area contributed by atoms with Gasteiger partial charge in [-0.1, -0.05) is 18.0 Å². The topological polar surface area (TPSA) is 70.1 Å². The van der Waals surface area contributed by atoms with Gasteiger partial charge in [-0.15, -0.1) is 0 Å². The number of hydrogen-bond acceptors (Lipinski definition) is 7. The number of hydrogen-bond donors (Lipinski definition) is 1. The van der Waals surface area contributed by atoms with Crippen LogP contribution < -0.4 is 10.2 Å². The van der Waals surface area contributed by atoms with Crippen LogP contribution in [0.4, 0.5) is 21.8 Å². The maximum Gasteiger partial charge on any atom is 0.225 e. The normalized spacial score (nSPS) is 17.3. The van der Waals surface area contributed by atoms with Gasteiger partial charge in [0.2, 0.25) is 5.95 Å². The van der Waals surface area contributed by atoms with Crippen molar-refractivity contribution >= 4 is 40.1 Å². The summed E-state index contributed by atoms with van der Waals surface area (Å²) in [5.41, 5.74) is 1.85. The van der Waals surface area contributed by atoms with Crippen LogP contribution in [0.1, 0.15) is 25.7 Å². The summed E-state index contributed by atoms with van der Waals surface area (Å²) in [6.07, 6.45) is 8.04. The van der Waals surface area contributed by atoms with Crippen molar-refractivity contribution in [1.29, 1.82) is 0 Å². The van der Waals surface area contributed by atoms with Crippen LogP contribution in [0.5, 0.6) is 0 Å². The van der Waals surface area contributed by atoms with E-state index < -0.39 is 5.82 Å². The average Bonchev–Trinajstić information content (AvgIpc) is 2.75. The van der Waals surface area contributed by atoms with Gasteiger partial charge in [-0.3, -0.25) is 0 Å². The lowest BCUT2D eigenvalue weighted by molar-refractivity contribution is 0.178. The molecule has 1 aliphatic rings. The standard InChI is InChI=1S/C21H25ClFN7/c1-29-9-4-3-5-15(29)8-10-30(2)21-24-12-18-19(28-21)20(26-13-25-18)27-14-6-7-17(23)16(22)11-14/h6-7,11-13,15H,3-5,8-10H2,1-2H3,(H,25,26,27). The summed E-state index contributed by atoms with van der Waals surface area (Å²) in [5, 5.41) is 3.20. The molecule has 0 radical (unpaired) electrons. The maximum absolute atomic E-state index is 13.4. The lowest BCUT2D eigenvalue weighted by atomic mass is 10.00. The SMILES string of the molecule is CN(CCC1CCCCN1C)c1ncc2ncnc(Nc3ccc(F)c(Cl)c3)c2n1. The fourth-order valence-electron chi connectivity index (χ4n) is 3.78. The quantitative estimate of drug-likeness (QED) is 0.627. The Morgan fingerprint density at radius 2 is 2.13 bits per heavy atom. The highest BCUT2D eigenvalue weighted by Crippen LogP contribution is 2.26. The van der Waals surface area contributed by atoms with Crippen molar-refractivity contribution in [3.05, 3.63) is 41.6 Å². The first kappa shape index (κ1) is 20.7. The predicted octanol–water partition coefficient (Wildman–Crippen LogP) is 4.27. The fourth-order valence-corrected chi connectivity index (χ4v) is 3.96. The highest BCUT2D eigenvalue weighted by Gasteiger charge is 2.20. The molecule has 0 amide bonds. The lowest BCUT2D eigenvalue weighted by Gasteiger charge is -2.33. The number of nitrogens with zero attached hydrogens (tertiary/aromatic N) is 6. The summed E-state index contributed by atoms with van der Waals surface area (Å²) in [7, 11) is 4.20. The predicted molar refractivity (Wildman–Crippen MR) is 118 cm³/mol. The second kappa shape index (κ2) is 9.06. The molecule has 1 fully saturated rings. The van der Waals surface area contributed by atoms with Gasteiger partial charge in [-0.05, 0) is 51.1 Å². The van der Waals surface area contributed by atoms with E-state index in [-0.39, 0.29) is 5.02 Å². The Labute approximate surface area is 180 Å². The van der Waals surface area contributed by atoms with Crippen molar-refractivity contribution in [2.24, 2.45) is 0 Å². The van der Waals surface area contributed by atoms with Crippen LogP contribution in [-0.2, 0) is 0 Å². The molecule has 3 aromatic rings. The van der Waals surface area contributed by atoms with Gasteiger partial charge >= 0.3 is 0 Å². The van der Waals surface area contributed by atoms with Crippen LogP contribution in [0.25, 0.3) is 11.0 Å². The van der Waals surface area contributed by atoms with Crippen molar-refractivity contribution in [2.75, 3.05) is 37.4 Å². The van der Waals surface area contributed by atoms with Gasteiger partial charge in [0.05, 0.1) is 11.2 Å². The molecule has 158 valence electrons. The zero-order valence-corrected chi connectivity index (χ0v) is 17.9. The zero-order chi connectivity index (χ0) is 21.1. The first-order chi connectivity index (χ1) is 14.5. The zero-order valence-electron chi connectivity index (χ0n) is 17.1. The van der Waals surface area contributed by atoms with E-state index in [9.17, 15) is 4.39 Å². The molecule has 0 saturated carbocycles. The summed E-state index contributed by atoms with van der Waals surface area (Å²) in [4.78, 5) is 22.3. The van der Waals surface area contributed by atoms with Gasteiger partial charge in [0.25, 0.3) is 0 Å². The average molecular weight is 430 g/mol. The molecule has 1 N–H and O–H groups in total. The minimum Gasteiger partial charge on any atom is -0.344 e. The third kappa shape index (κ3) is 4.60. The Balaban J connectivity index is 1.53. The molecular weight excluding hydrogens is 405 g/mol. The Bertz CT molecular complexity index is 1030. The van der Waals surface area contributed by atoms with Crippen LogP contribution in [0, 0.1) is 5.82 Å². The minimum absolute atomic E-state index is 0.0427. The van der Waals surface area contributed by atoms with Gasteiger partial charge in [-0.2, -0.15) is 0 Å².